The van der Waals surface area contributed by atoms with Crippen molar-refractivity contribution in [2.24, 2.45) is 0 Å². The number of nitrogens with zero attached hydrogens (tertiary/aromatic N) is 4. The fraction of sp³-hybridized carbons (Fsp3) is 0.462. The van der Waals surface area contributed by atoms with E-state index in [-0.39, 0.29) is 11.4 Å². The van der Waals surface area contributed by atoms with Crippen LogP contribution in [0.2, 0.25) is 0 Å². The Kier molecular flexibility index (Phi) is 2.55. The maximum absolute atomic E-state index is 13.8. The Hall–Kier alpha value is -1.98. The van der Waals surface area contributed by atoms with Crippen LogP contribution in [0.4, 0.5) is 10.1 Å². The molecule has 1 aromatic heterocycles. The second kappa shape index (κ2) is 4.01. The standard InChI is InChI=1S/C13H16FN5/c1-8-10(14)6-9(7-11(8)15)12-16-17-18-19(12)13(2)4-3-5-13/h6-7H,3-5,15H2,1-2H3. The van der Waals surface area contributed by atoms with Gasteiger partial charge in [-0.25, -0.2) is 9.07 Å². The summed E-state index contributed by atoms with van der Waals surface area (Å²) in [5, 5.41) is 11.8. The lowest BCUT2D eigenvalue weighted by Crippen LogP contribution is -2.38. The molecule has 0 aliphatic heterocycles. The van der Waals surface area contributed by atoms with Crippen molar-refractivity contribution in [2.75, 3.05) is 5.73 Å². The molecule has 2 aromatic rings. The lowest BCUT2D eigenvalue weighted by Gasteiger charge is -2.38. The molecule has 2 N–H and O–H groups in total. The van der Waals surface area contributed by atoms with Gasteiger partial charge in [-0.05, 0) is 55.7 Å². The molecule has 6 heteroatoms. The molecule has 1 aliphatic rings. The molecule has 0 unspecified atom stereocenters. The Balaban J connectivity index is 2.11. The summed E-state index contributed by atoms with van der Waals surface area (Å²) in [7, 11) is 0. The van der Waals surface area contributed by atoms with Crippen molar-refractivity contribution in [3.05, 3.63) is 23.5 Å². The maximum atomic E-state index is 13.8. The summed E-state index contributed by atoms with van der Waals surface area (Å²) in [5.41, 5.74) is 7.25. The van der Waals surface area contributed by atoms with E-state index in [4.69, 9.17) is 5.73 Å². The Morgan fingerprint density at radius 1 is 1.37 bits per heavy atom. The number of hydrogen-bond donors (Lipinski definition) is 1. The summed E-state index contributed by atoms with van der Waals surface area (Å²) in [6.45, 7) is 3.77. The van der Waals surface area contributed by atoms with Gasteiger partial charge >= 0.3 is 0 Å². The van der Waals surface area contributed by atoms with Crippen LogP contribution in [0.15, 0.2) is 12.1 Å². The fourth-order valence-electron chi connectivity index (χ4n) is 2.46. The van der Waals surface area contributed by atoms with Gasteiger partial charge in [0.15, 0.2) is 5.82 Å². The van der Waals surface area contributed by atoms with Gasteiger partial charge in [-0.3, -0.25) is 0 Å². The van der Waals surface area contributed by atoms with Gasteiger partial charge in [0.1, 0.15) is 5.82 Å². The molecule has 19 heavy (non-hydrogen) atoms. The Labute approximate surface area is 110 Å². The van der Waals surface area contributed by atoms with Crippen molar-refractivity contribution in [2.45, 2.75) is 38.6 Å². The quantitative estimate of drug-likeness (QED) is 0.842. The monoisotopic (exact) mass is 261 g/mol. The summed E-state index contributed by atoms with van der Waals surface area (Å²) in [5.74, 6) is 0.246. The van der Waals surface area contributed by atoms with Gasteiger partial charge in [0, 0.05) is 16.8 Å². The molecule has 100 valence electrons. The van der Waals surface area contributed by atoms with Crippen LogP contribution in [-0.4, -0.2) is 20.2 Å². The van der Waals surface area contributed by atoms with Crippen LogP contribution in [0.3, 0.4) is 0 Å². The molecule has 0 atom stereocenters. The summed E-state index contributed by atoms with van der Waals surface area (Å²) in [6.07, 6.45) is 3.24. The van der Waals surface area contributed by atoms with E-state index in [1.165, 1.54) is 12.5 Å². The van der Waals surface area contributed by atoms with E-state index >= 15 is 0 Å². The first-order valence-corrected chi connectivity index (χ1v) is 6.36. The van der Waals surface area contributed by atoms with Crippen LogP contribution in [0.25, 0.3) is 11.4 Å². The first-order valence-electron chi connectivity index (χ1n) is 6.36. The number of aromatic nitrogens is 4. The zero-order valence-electron chi connectivity index (χ0n) is 11.0. The highest BCUT2D eigenvalue weighted by Gasteiger charge is 2.37. The molecule has 1 fully saturated rings. The van der Waals surface area contributed by atoms with Gasteiger partial charge in [0.2, 0.25) is 0 Å². The van der Waals surface area contributed by atoms with Crippen LogP contribution in [-0.2, 0) is 5.54 Å². The number of hydrogen-bond acceptors (Lipinski definition) is 4. The zero-order valence-corrected chi connectivity index (χ0v) is 11.0. The average Bonchev–Trinajstić information content (AvgIpc) is 2.81. The Bertz CT molecular complexity index is 607. The first-order chi connectivity index (χ1) is 9.01. The van der Waals surface area contributed by atoms with Gasteiger partial charge in [0.05, 0.1) is 5.54 Å². The lowest BCUT2D eigenvalue weighted by atomic mass is 9.78. The molecule has 0 amide bonds. The van der Waals surface area contributed by atoms with Crippen molar-refractivity contribution in [3.8, 4) is 11.4 Å². The minimum atomic E-state index is -0.330. The molecule has 3 rings (SSSR count). The van der Waals surface area contributed by atoms with Crippen molar-refractivity contribution in [1.29, 1.82) is 0 Å². The van der Waals surface area contributed by atoms with Crippen LogP contribution in [0.5, 0.6) is 0 Å². The highest BCUT2D eigenvalue weighted by atomic mass is 19.1. The van der Waals surface area contributed by atoms with E-state index in [0.29, 0.717) is 22.6 Å². The Morgan fingerprint density at radius 3 is 2.68 bits per heavy atom. The SMILES string of the molecule is Cc1c(N)cc(-c2nnnn2C2(C)CCC2)cc1F. The minimum Gasteiger partial charge on any atom is -0.398 e. The number of benzene rings is 1. The predicted octanol–water partition coefficient (Wildman–Crippen LogP) is 2.27. The summed E-state index contributed by atoms with van der Waals surface area (Å²) < 4.78 is 15.6. The average molecular weight is 261 g/mol. The second-order valence-corrected chi connectivity index (χ2v) is 5.44. The van der Waals surface area contributed by atoms with Crippen LogP contribution in [0.1, 0.15) is 31.7 Å². The highest BCUT2D eigenvalue weighted by molar-refractivity contribution is 5.64. The number of nitrogens with two attached hydrogens (primary N) is 1. The second-order valence-electron chi connectivity index (χ2n) is 5.44. The summed E-state index contributed by atoms with van der Waals surface area (Å²) >= 11 is 0. The van der Waals surface area contributed by atoms with Crippen LogP contribution >= 0.6 is 0 Å². The molecule has 0 radical (unpaired) electrons. The van der Waals surface area contributed by atoms with Gasteiger partial charge in [-0.15, -0.1) is 5.10 Å². The van der Waals surface area contributed by atoms with Crippen LogP contribution < -0.4 is 5.73 Å². The fourth-order valence-corrected chi connectivity index (χ4v) is 2.46. The molecule has 0 bridgehead atoms. The largest absolute Gasteiger partial charge is 0.398 e. The molecule has 1 aliphatic carbocycles. The van der Waals surface area contributed by atoms with E-state index in [1.54, 1.807) is 17.7 Å². The molecule has 1 heterocycles. The first kappa shape index (κ1) is 12.1. The molecule has 0 saturated heterocycles. The number of nitrogen functional groups attached to an aromatic ring is 1. The van der Waals surface area contributed by atoms with Gasteiger partial charge in [-0.1, -0.05) is 0 Å². The molecular formula is C13H16FN5. The topological polar surface area (TPSA) is 69.6 Å². The van der Waals surface area contributed by atoms with Crippen LogP contribution in [0, 0.1) is 12.7 Å². The minimum absolute atomic E-state index is 0.0606. The zero-order chi connectivity index (χ0) is 13.6. The van der Waals surface area contributed by atoms with E-state index in [1.807, 2.05) is 0 Å². The van der Waals surface area contributed by atoms with E-state index in [0.717, 1.165) is 12.8 Å². The summed E-state index contributed by atoms with van der Waals surface area (Å²) in [6, 6.07) is 3.17. The normalized spacial score (nSPS) is 17.2. The van der Waals surface area contributed by atoms with E-state index in [2.05, 4.69) is 22.4 Å². The van der Waals surface area contributed by atoms with Crippen molar-refractivity contribution >= 4 is 5.69 Å². The molecule has 0 spiro atoms. The van der Waals surface area contributed by atoms with Crippen molar-refractivity contribution in [1.82, 2.24) is 20.2 Å². The third kappa shape index (κ3) is 1.78. The number of rotatable bonds is 2. The Morgan fingerprint density at radius 2 is 2.11 bits per heavy atom. The molecule has 1 saturated carbocycles. The third-order valence-electron chi connectivity index (χ3n) is 4.05. The smallest absolute Gasteiger partial charge is 0.182 e. The predicted molar refractivity (Wildman–Crippen MR) is 69.9 cm³/mol. The lowest BCUT2D eigenvalue weighted by molar-refractivity contribution is 0.148. The molecule has 1 aromatic carbocycles. The van der Waals surface area contributed by atoms with Gasteiger partial charge in [0.25, 0.3) is 0 Å². The van der Waals surface area contributed by atoms with Crippen molar-refractivity contribution < 1.29 is 4.39 Å². The van der Waals surface area contributed by atoms with E-state index in [9.17, 15) is 4.39 Å². The highest BCUT2D eigenvalue weighted by Crippen LogP contribution is 2.40. The number of halogens is 1. The van der Waals surface area contributed by atoms with E-state index < -0.39 is 0 Å². The van der Waals surface area contributed by atoms with Gasteiger partial charge in [-0.2, -0.15) is 0 Å². The summed E-state index contributed by atoms with van der Waals surface area (Å²) in [4.78, 5) is 0. The molecular weight excluding hydrogens is 245 g/mol. The molecule has 5 nitrogen and oxygen atoms in total. The number of tetrazole rings is 1. The third-order valence-corrected chi connectivity index (χ3v) is 4.05. The maximum Gasteiger partial charge on any atom is 0.182 e. The van der Waals surface area contributed by atoms with Crippen molar-refractivity contribution in [3.63, 3.8) is 0 Å². The number of anilines is 1. The van der Waals surface area contributed by atoms with Gasteiger partial charge < -0.3 is 5.73 Å².